The highest BCUT2D eigenvalue weighted by atomic mass is 35.5. The molecule has 37 heavy (non-hydrogen) atoms. The van der Waals surface area contributed by atoms with Crippen molar-refractivity contribution in [2.45, 2.75) is 25.0 Å². The van der Waals surface area contributed by atoms with Gasteiger partial charge in [0.2, 0.25) is 11.7 Å². The molecule has 0 N–H and O–H groups in total. The summed E-state index contributed by atoms with van der Waals surface area (Å²) < 4.78 is 7.48. The molecule has 0 spiro atoms. The smallest absolute Gasteiger partial charge is 0.254 e. The molecule has 1 fully saturated rings. The lowest BCUT2D eigenvalue weighted by Gasteiger charge is -2.40. The summed E-state index contributed by atoms with van der Waals surface area (Å²) in [4.78, 5) is 29.7. The largest absolute Gasteiger partial charge is 0.461 e. The first-order valence-electron chi connectivity index (χ1n) is 11.9. The van der Waals surface area contributed by atoms with Crippen LogP contribution in [0, 0.1) is 6.92 Å². The molecule has 0 radical (unpaired) electrons. The van der Waals surface area contributed by atoms with E-state index in [4.69, 9.17) is 16.0 Å². The third-order valence-corrected chi connectivity index (χ3v) is 7.49. The van der Waals surface area contributed by atoms with Gasteiger partial charge in [0.15, 0.2) is 10.9 Å². The average molecular weight is 536 g/mol. The van der Waals surface area contributed by atoms with Crippen molar-refractivity contribution >= 4 is 35.2 Å². The van der Waals surface area contributed by atoms with Gasteiger partial charge in [-0.15, -0.1) is 10.2 Å². The van der Waals surface area contributed by atoms with Gasteiger partial charge in [0, 0.05) is 41.9 Å². The highest BCUT2D eigenvalue weighted by Gasteiger charge is 2.30. The van der Waals surface area contributed by atoms with E-state index in [2.05, 4.69) is 10.2 Å². The molecule has 4 aromatic rings. The first kappa shape index (κ1) is 25.1. The summed E-state index contributed by atoms with van der Waals surface area (Å²) in [7, 11) is 0. The van der Waals surface area contributed by atoms with Gasteiger partial charge in [-0.2, -0.15) is 0 Å². The molecule has 2 aromatic carbocycles. The number of benzene rings is 2. The van der Waals surface area contributed by atoms with Gasteiger partial charge in [-0.05, 0) is 62.4 Å². The Labute approximate surface area is 224 Å². The average Bonchev–Trinajstić information content (AvgIpc) is 3.58. The molecular weight excluding hydrogens is 510 g/mol. The van der Waals surface area contributed by atoms with E-state index >= 15 is 0 Å². The van der Waals surface area contributed by atoms with Crippen LogP contribution in [0.15, 0.2) is 76.5 Å². The van der Waals surface area contributed by atoms with Crippen LogP contribution in [-0.2, 0) is 4.79 Å². The second kappa shape index (κ2) is 10.8. The topological polar surface area (TPSA) is 84.5 Å². The van der Waals surface area contributed by atoms with Crippen LogP contribution in [0.1, 0.15) is 22.8 Å². The fourth-order valence-electron chi connectivity index (χ4n) is 4.32. The maximum atomic E-state index is 13.1. The van der Waals surface area contributed by atoms with Crippen molar-refractivity contribution < 1.29 is 14.0 Å². The number of hydrogen-bond donors (Lipinski definition) is 0. The van der Waals surface area contributed by atoms with Crippen molar-refractivity contribution in [1.82, 2.24) is 24.6 Å². The highest BCUT2D eigenvalue weighted by molar-refractivity contribution is 7.99. The van der Waals surface area contributed by atoms with E-state index in [1.807, 2.05) is 58.5 Å². The van der Waals surface area contributed by atoms with Crippen LogP contribution in [0.3, 0.4) is 0 Å². The van der Waals surface area contributed by atoms with Crippen molar-refractivity contribution in [2.75, 3.05) is 25.4 Å². The van der Waals surface area contributed by atoms with Gasteiger partial charge in [-0.1, -0.05) is 41.1 Å². The zero-order valence-corrected chi connectivity index (χ0v) is 22.1. The number of amides is 2. The van der Waals surface area contributed by atoms with Gasteiger partial charge >= 0.3 is 0 Å². The molecule has 190 valence electrons. The molecular formula is C27H26ClN5O3S. The van der Waals surface area contributed by atoms with Crippen LogP contribution in [0.5, 0.6) is 0 Å². The maximum absolute atomic E-state index is 13.1. The van der Waals surface area contributed by atoms with Crippen LogP contribution >= 0.6 is 23.4 Å². The number of aromatic nitrogens is 3. The molecule has 8 nitrogen and oxygen atoms in total. The standard InChI is InChI=1S/C27H26ClN5O3S/c1-18-5-11-22(12-6-18)33-25(23-4-3-15-36-23)29-30-27(33)37-17-24(34)31-13-14-32(19(2)16-31)26(35)20-7-9-21(28)10-8-20/h3-12,15,19H,13-14,16-17H2,1-2H3. The summed E-state index contributed by atoms with van der Waals surface area (Å²) in [6.45, 7) is 5.42. The predicted molar refractivity (Wildman–Crippen MR) is 143 cm³/mol. The molecule has 3 heterocycles. The fraction of sp³-hybridized carbons (Fsp3) is 0.259. The summed E-state index contributed by atoms with van der Waals surface area (Å²) in [5.74, 6) is 1.32. The number of piperazine rings is 1. The number of thioether (sulfide) groups is 1. The Kier molecular flexibility index (Phi) is 7.34. The summed E-state index contributed by atoms with van der Waals surface area (Å²) >= 11 is 7.29. The van der Waals surface area contributed by atoms with Crippen molar-refractivity contribution in [3.05, 3.63) is 83.1 Å². The Morgan fingerprint density at radius 1 is 1.05 bits per heavy atom. The molecule has 1 aliphatic heterocycles. The zero-order chi connectivity index (χ0) is 25.9. The van der Waals surface area contributed by atoms with Crippen LogP contribution in [0.2, 0.25) is 5.02 Å². The Morgan fingerprint density at radius 2 is 1.81 bits per heavy atom. The molecule has 5 rings (SSSR count). The number of carbonyl (C=O) groups is 2. The molecule has 1 aliphatic rings. The van der Waals surface area contributed by atoms with Crippen molar-refractivity contribution in [1.29, 1.82) is 0 Å². The zero-order valence-electron chi connectivity index (χ0n) is 20.5. The molecule has 0 bridgehead atoms. The van der Waals surface area contributed by atoms with Gasteiger partial charge in [-0.25, -0.2) is 0 Å². The monoisotopic (exact) mass is 535 g/mol. The number of aryl methyl sites for hydroxylation is 1. The minimum absolute atomic E-state index is 0.00607. The third-order valence-electron chi connectivity index (χ3n) is 6.32. The Hall–Kier alpha value is -3.56. The minimum atomic E-state index is -0.104. The summed E-state index contributed by atoms with van der Waals surface area (Å²) in [5, 5.41) is 9.90. The highest BCUT2D eigenvalue weighted by Crippen LogP contribution is 2.29. The fourth-order valence-corrected chi connectivity index (χ4v) is 5.30. The van der Waals surface area contributed by atoms with Crippen LogP contribution in [0.25, 0.3) is 17.3 Å². The number of rotatable bonds is 6. The van der Waals surface area contributed by atoms with Crippen molar-refractivity contribution in [3.8, 4) is 17.3 Å². The lowest BCUT2D eigenvalue weighted by Crippen LogP contribution is -2.55. The van der Waals surface area contributed by atoms with Crippen LogP contribution < -0.4 is 0 Å². The van der Waals surface area contributed by atoms with Gasteiger partial charge in [0.25, 0.3) is 5.91 Å². The van der Waals surface area contributed by atoms with E-state index in [1.54, 1.807) is 36.6 Å². The summed E-state index contributed by atoms with van der Waals surface area (Å²) in [6.07, 6.45) is 1.60. The predicted octanol–water partition coefficient (Wildman–Crippen LogP) is 4.95. The number of carbonyl (C=O) groups excluding carboxylic acids is 2. The minimum Gasteiger partial charge on any atom is -0.461 e. The van der Waals surface area contributed by atoms with E-state index < -0.39 is 0 Å². The SMILES string of the molecule is Cc1ccc(-n2c(SCC(=O)N3CCN(C(=O)c4ccc(Cl)cc4)C(C)C3)nnc2-c2ccco2)cc1. The van der Waals surface area contributed by atoms with Gasteiger partial charge in [-0.3, -0.25) is 14.2 Å². The second-order valence-corrected chi connectivity index (χ2v) is 10.3. The normalized spacial score (nSPS) is 15.7. The van der Waals surface area contributed by atoms with Crippen molar-refractivity contribution in [2.24, 2.45) is 0 Å². The van der Waals surface area contributed by atoms with E-state index in [0.717, 1.165) is 11.3 Å². The first-order chi connectivity index (χ1) is 17.9. The first-order valence-corrected chi connectivity index (χ1v) is 13.3. The summed E-state index contributed by atoms with van der Waals surface area (Å²) in [6, 6.07) is 18.4. The number of nitrogens with zero attached hydrogens (tertiary/aromatic N) is 5. The Bertz CT molecular complexity index is 1390. The third kappa shape index (κ3) is 5.42. The van der Waals surface area contributed by atoms with E-state index in [9.17, 15) is 9.59 Å². The molecule has 1 atom stereocenters. The van der Waals surface area contributed by atoms with Gasteiger partial charge < -0.3 is 14.2 Å². The van der Waals surface area contributed by atoms with E-state index in [-0.39, 0.29) is 23.6 Å². The lowest BCUT2D eigenvalue weighted by molar-refractivity contribution is -0.130. The lowest BCUT2D eigenvalue weighted by atomic mass is 10.1. The number of hydrogen-bond acceptors (Lipinski definition) is 6. The van der Waals surface area contributed by atoms with E-state index in [0.29, 0.717) is 47.0 Å². The van der Waals surface area contributed by atoms with Crippen LogP contribution in [0.4, 0.5) is 0 Å². The number of halogens is 1. The Balaban J connectivity index is 1.26. The molecule has 10 heteroatoms. The molecule has 1 unspecified atom stereocenters. The molecule has 0 saturated carbocycles. The summed E-state index contributed by atoms with van der Waals surface area (Å²) in [5.41, 5.74) is 2.62. The Morgan fingerprint density at radius 3 is 2.49 bits per heavy atom. The van der Waals surface area contributed by atoms with Gasteiger partial charge in [0.1, 0.15) is 0 Å². The quantitative estimate of drug-likeness (QED) is 0.325. The van der Waals surface area contributed by atoms with Crippen LogP contribution in [-0.4, -0.2) is 67.8 Å². The molecule has 0 aliphatic carbocycles. The number of furan rings is 1. The van der Waals surface area contributed by atoms with Crippen molar-refractivity contribution in [3.63, 3.8) is 0 Å². The van der Waals surface area contributed by atoms with E-state index in [1.165, 1.54) is 11.8 Å². The molecule has 1 saturated heterocycles. The van der Waals surface area contributed by atoms with Gasteiger partial charge in [0.05, 0.1) is 12.0 Å². The second-order valence-electron chi connectivity index (χ2n) is 8.94. The molecule has 2 aromatic heterocycles. The maximum Gasteiger partial charge on any atom is 0.254 e. The molecule has 2 amide bonds.